The summed E-state index contributed by atoms with van der Waals surface area (Å²) >= 11 is 7.33. The van der Waals surface area contributed by atoms with E-state index >= 15 is 0 Å². The fourth-order valence-electron chi connectivity index (χ4n) is 3.34. The number of rotatable bonds is 9. The van der Waals surface area contributed by atoms with Gasteiger partial charge in [0.15, 0.2) is 0 Å². The van der Waals surface area contributed by atoms with Crippen LogP contribution in [-0.2, 0) is 17.6 Å². The highest BCUT2D eigenvalue weighted by Gasteiger charge is 2.13. The third kappa shape index (κ3) is 5.72. The Labute approximate surface area is 194 Å². The number of para-hydroxylation sites is 1. The van der Waals surface area contributed by atoms with E-state index in [2.05, 4.69) is 25.8 Å². The molecule has 164 valence electrons. The van der Waals surface area contributed by atoms with Gasteiger partial charge in [0.2, 0.25) is 10.9 Å². The molecule has 4 rings (SSSR count). The van der Waals surface area contributed by atoms with E-state index in [1.807, 2.05) is 54.7 Å². The van der Waals surface area contributed by atoms with E-state index in [9.17, 15) is 9.59 Å². The number of fused-ring (bicyclic) bond motifs is 1. The van der Waals surface area contributed by atoms with Crippen LogP contribution in [0.5, 0.6) is 0 Å². The zero-order chi connectivity index (χ0) is 22.3. The lowest BCUT2D eigenvalue weighted by Gasteiger charge is -2.04. The van der Waals surface area contributed by atoms with Crippen molar-refractivity contribution in [2.75, 3.05) is 11.9 Å². The number of hydrogen-bond donors (Lipinski definition) is 3. The number of aryl methyl sites for hydroxylation is 1. The number of benzene rings is 2. The normalized spacial score (nSPS) is 10.9. The van der Waals surface area contributed by atoms with E-state index in [1.54, 1.807) is 0 Å². The molecule has 0 saturated carbocycles. The van der Waals surface area contributed by atoms with Crippen molar-refractivity contribution in [3.63, 3.8) is 0 Å². The molecule has 0 spiro atoms. The smallest absolute Gasteiger partial charge is 0.286 e. The van der Waals surface area contributed by atoms with E-state index in [0.717, 1.165) is 27.9 Å². The molecule has 3 N–H and O–H groups in total. The summed E-state index contributed by atoms with van der Waals surface area (Å²) in [6, 6.07) is 14.9. The molecule has 7 nitrogen and oxygen atoms in total. The first kappa shape index (κ1) is 22.0. The molecule has 9 heteroatoms. The number of carbonyl (C=O) groups is 2. The standard InChI is InChI=1S/C23H22ClN5O2S/c24-16-9-10-19-18(13-16)15(14-26-19)11-12-25-20(30)7-4-8-21-28-29-23(32-21)22(31)27-17-5-2-1-3-6-17/h1-3,5-6,9-10,13-14,26H,4,7-8,11-12H2,(H,25,30)(H,27,31). The molecule has 2 heterocycles. The minimum Gasteiger partial charge on any atom is -0.361 e. The maximum atomic E-state index is 12.2. The summed E-state index contributed by atoms with van der Waals surface area (Å²) in [4.78, 5) is 27.6. The molecule has 32 heavy (non-hydrogen) atoms. The fraction of sp³-hybridized carbons (Fsp3) is 0.217. The summed E-state index contributed by atoms with van der Waals surface area (Å²) in [5, 5.41) is 16.6. The second-order valence-electron chi connectivity index (χ2n) is 7.28. The zero-order valence-electron chi connectivity index (χ0n) is 17.2. The van der Waals surface area contributed by atoms with E-state index in [1.165, 1.54) is 11.3 Å². The summed E-state index contributed by atoms with van der Waals surface area (Å²) in [6.07, 6.45) is 4.31. The number of halogens is 1. The molecule has 0 aliphatic carbocycles. The van der Waals surface area contributed by atoms with Gasteiger partial charge in [-0.15, -0.1) is 10.2 Å². The van der Waals surface area contributed by atoms with Crippen molar-refractivity contribution in [2.45, 2.75) is 25.7 Å². The summed E-state index contributed by atoms with van der Waals surface area (Å²) in [7, 11) is 0. The number of amides is 2. The molecular weight excluding hydrogens is 446 g/mol. The van der Waals surface area contributed by atoms with Crippen molar-refractivity contribution in [1.82, 2.24) is 20.5 Å². The van der Waals surface area contributed by atoms with Crippen molar-refractivity contribution >= 4 is 51.3 Å². The van der Waals surface area contributed by atoms with Gasteiger partial charge in [-0.1, -0.05) is 41.1 Å². The molecular formula is C23H22ClN5O2S. The monoisotopic (exact) mass is 467 g/mol. The first-order chi connectivity index (χ1) is 15.6. The Kier molecular flexibility index (Phi) is 7.14. The maximum absolute atomic E-state index is 12.2. The zero-order valence-corrected chi connectivity index (χ0v) is 18.8. The molecule has 2 aromatic heterocycles. The predicted octanol–water partition coefficient (Wildman–Crippen LogP) is 4.61. The molecule has 0 aliphatic heterocycles. The van der Waals surface area contributed by atoms with Gasteiger partial charge in [-0.2, -0.15) is 0 Å². The van der Waals surface area contributed by atoms with Gasteiger partial charge in [0.1, 0.15) is 5.01 Å². The Bertz CT molecular complexity index is 1220. The molecule has 0 unspecified atom stereocenters. The number of aromatic nitrogens is 3. The highest BCUT2D eigenvalue weighted by atomic mass is 35.5. The molecule has 0 aliphatic rings. The van der Waals surface area contributed by atoms with Crippen LogP contribution in [0.15, 0.2) is 54.7 Å². The lowest BCUT2D eigenvalue weighted by molar-refractivity contribution is -0.121. The molecule has 0 saturated heterocycles. The molecule has 4 aromatic rings. The molecule has 0 atom stereocenters. The van der Waals surface area contributed by atoms with Gasteiger partial charge in [0, 0.05) is 47.2 Å². The quantitative estimate of drug-likeness (QED) is 0.334. The maximum Gasteiger partial charge on any atom is 0.286 e. The van der Waals surface area contributed by atoms with Gasteiger partial charge in [-0.3, -0.25) is 9.59 Å². The highest BCUT2D eigenvalue weighted by molar-refractivity contribution is 7.13. The number of carbonyl (C=O) groups excluding carboxylic acids is 2. The predicted molar refractivity (Wildman–Crippen MR) is 127 cm³/mol. The molecule has 2 aromatic carbocycles. The van der Waals surface area contributed by atoms with Crippen LogP contribution in [0.3, 0.4) is 0 Å². The van der Waals surface area contributed by atoms with E-state index in [4.69, 9.17) is 11.6 Å². The van der Waals surface area contributed by atoms with Crippen LogP contribution < -0.4 is 10.6 Å². The van der Waals surface area contributed by atoms with Gasteiger partial charge >= 0.3 is 0 Å². The van der Waals surface area contributed by atoms with Gasteiger partial charge in [-0.05, 0) is 48.7 Å². The van der Waals surface area contributed by atoms with Gasteiger partial charge in [-0.25, -0.2) is 0 Å². The SMILES string of the molecule is O=C(CCCc1nnc(C(=O)Nc2ccccc2)s1)NCCc1c[nH]c2ccc(Cl)cc12. The largest absolute Gasteiger partial charge is 0.361 e. The number of anilines is 1. The van der Waals surface area contributed by atoms with E-state index in [-0.39, 0.29) is 11.8 Å². The second kappa shape index (κ2) is 10.4. The summed E-state index contributed by atoms with van der Waals surface area (Å²) < 4.78 is 0. The number of nitrogens with one attached hydrogen (secondary N) is 3. The lowest BCUT2D eigenvalue weighted by atomic mass is 10.1. The highest BCUT2D eigenvalue weighted by Crippen LogP contribution is 2.22. The third-order valence-corrected chi connectivity index (χ3v) is 6.15. The van der Waals surface area contributed by atoms with Crippen molar-refractivity contribution in [3.8, 4) is 0 Å². The van der Waals surface area contributed by atoms with Gasteiger partial charge < -0.3 is 15.6 Å². The Morgan fingerprint density at radius 1 is 1.06 bits per heavy atom. The van der Waals surface area contributed by atoms with Crippen LogP contribution in [0.2, 0.25) is 5.02 Å². The average Bonchev–Trinajstić information content (AvgIpc) is 3.42. The number of H-pyrrole nitrogens is 1. The number of nitrogens with zero attached hydrogens (tertiary/aromatic N) is 2. The lowest BCUT2D eigenvalue weighted by Crippen LogP contribution is -2.25. The fourth-order valence-corrected chi connectivity index (χ4v) is 4.28. The average molecular weight is 468 g/mol. The van der Waals surface area contributed by atoms with Crippen LogP contribution in [-0.4, -0.2) is 33.5 Å². The Balaban J connectivity index is 1.18. The molecule has 2 amide bonds. The topological polar surface area (TPSA) is 99.8 Å². The molecule has 0 bridgehead atoms. The van der Waals surface area contributed by atoms with Crippen molar-refractivity contribution < 1.29 is 9.59 Å². The number of hydrogen-bond acceptors (Lipinski definition) is 5. The number of aromatic amines is 1. The first-order valence-corrected chi connectivity index (χ1v) is 11.5. The van der Waals surface area contributed by atoms with Gasteiger partial charge in [0.05, 0.1) is 0 Å². The summed E-state index contributed by atoms with van der Waals surface area (Å²) in [5.41, 5.74) is 2.87. The molecule has 0 radical (unpaired) electrons. The Hall–Kier alpha value is -3.23. The van der Waals surface area contributed by atoms with Crippen molar-refractivity contribution in [3.05, 3.63) is 75.3 Å². The third-order valence-electron chi connectivity index (χ3n) is 4.93. The van der Waals surface area contributed by atoms with Crippen LogP contribution >= 0.6 is 22.9 Å². The minimum absolute atomic E-state index is 0.00515. The van der Waals surface area contributed by atoms with Crippen LogP contribution in [0.1, 0.15) is 33.2 Å². The van der Waals surface area contributed by atoms with Gasteiger partial charge in [0.25, 0.3) is 5.91 Å². The van der Waals surface area contributed by atoms with Crippen LogP contribution in [0.4, 0.5) is 5.69 Å². The molecule has 0 fully saturated rings. The van der Waals surface area contributed by atoms with Crippen LogP contribution in [0, 0.1) is 0 Å². The van der Waals surface area contributed by atoms with Crippen LogP contribution in [0.25, 0.3) is 10.9 Å². The summed E-state index contributed by atoms with van der Waals surface area (Å²) in [5.74, 6) is -0.286. The van der Waals surface area contributed by atoms with E-state index < -0.39 is 0 Å². The van der Waals surface area contributed by atoms with E-state index in [0.29, 0.717) is 41.5 Å². The minimum atomic E-state index is -0.281. The first-order valence-electron chi connectivity index (χ1n) is 10.3. The Morgan fingerprint density at radius 2 is 1.91 bits per heavy atom. The van der Waals surface area contributed by atoms with Crippen molar-refractivity contribution in [1.29, 1.82) is 0 Å². The summed E-state index contributed by atoms with van der Waals surface area (Å²) in [6.45, 7) is 0.556. The Morgan fingerprint density at radius 3 is 2.75 bits per heavy atom. The van der Waals surface area contributed by atoms with Crippen molar-refractivity contribution in [2.24, 2.45) is 0 Å². The second-order valence-corrected chi connectivity index (χ2v) is 8.78.